The molecule has 0 saturated heterocycles. The van der Waals surface area contributed by atoms with Gasteiger partial charge in [-0.15, -0.1) is 0 Å². The maximum atomic E-state index is 11.4. The summed E-state index contributed by atoms with van der Waals surface area (Å²) < 4.78 is 9.24. The van der Waals surface area contributed by atoms with Gasteiger partial charge >= 0.3 is 99.6 Å². The molecule has 0 aromatic carbocycles. The van der Waals surface area contributed by atoms with E-state index < -0.39 is 7.32 Å². The summed E-state index contributed by atoms with van der Waals surface area (Å²) >= 11 is 0.411. The van der Waals surface area contributed by atoms with E-state index in [1.807, 2.05) is 6.92 Å². The van der Waals surface area contributed by atoms with E-state index in [4.69, 9.17) is 5.02 Å². The van der Waals surface area contributed by atoms with Crippen molar-refractivity contribution in [1.29, 1.82) is 0 Å². The second-order valence-corrected chi connectivity index (χ2v) is 3.90. The van der Waals surface area contributed by atoms with Crippen LogP contribution < -0.4 is 0 Å². The molecule has 6 heteroatoms. The van der Waals surface area contributed by atoms with Gasteiger partial charge in [-0.2, -0.15) is 0 Å². The normalized spacial score (nSPS) is 12.3. The van der Waals surface area contributed by atoms with Gasteiger partial charge in [0, 0.05) is 0 Å². The Morgan fingerprint density at radius 2 is 2.21 bits per heavy atom. The monoisotopic (exact) mass is 310 g/mol. The van der Waals surface area contributed by atoms with Crippen LogP contribution in [0.3, 0.4) is 0 Å². The maximum absolute atomic E-state index is 11.4. The van der Waals surface area contributed by atoms with Crippen LogP contribution in [0.1, 0.15) is 39.5 Å². The number of unbranched alkanes of at least 4 members (excludes halogenated alkanes) is 1. The van der Waals surface area contributed by atoms with Crippen LogP contribution in [0.15, 0.2) is 0 Å². The van der Waals surface area contributed by atoms with Crippen LogP contribution in [0.5, 0.6) is 0 Å². The molecule has 0 aliphatic carbocycles. The summed E-state index contributed by atoms with van der Waals surface area (Å²) in [6.45, 7) is 4.02. The van der Waals surface area contributed by atoms with Crippen molar-refractivity contribution in [3.05, 3.63) is 0 Å². The SMILES string of the molecule is CCCCC(CC)C(=O)OB(O)[O][SbH2]. The first kappa shape index (κ1) is 14.3. The average molecular weight is 311 g/mol. The Hall–Kier alpha value is 0.273. The summed E-state index contributed by atoms with van der Waals surface area (Å²) in [5.74, 6) is -0.469. The molecule has 0 bridgehead atoms. The van der Waals surface area contributed by atoms with E-state index in [2.05, 4.69) is 14.5 Å². The van der Waals surface area contributed by atoms with Crippen molar-refractivity contribution in [3.63, 3.8) is 0 Å². The van der Waals surface area contributed by atoms with Crippen LogP contribution >= 0.6 is 0 Å². The van der Waals surface area contributed by atoms with Crippen LogP contribution in [-0.4, -0.2) is 41.8 Å². The zero-order valence-electron chi connectivity index (χ0n) is 8.73. The van der Waals surface area contributed by atoms with Crippen LogP contribution in [0, 0.1) is 5.92 Å². The number of hydrogen-bond acceptors (Lipinski definition) is 4. The molecule has 1 N–H and O–H groups in total. The summed E-state index contributed by atoms with van der Waals surface area (Å²) in [6, 6.07) is 0. The van der Waals surface area contributed by atoms with Gasteiger partial charge in [-0.1, -0.05) is 0 Å². The molecule has 4 nitrogen and oxygen atoms in total. The molecule has 0 fully saturated rings. The standard InChI is InChI=1S/C8H16BO4.Sb.2H/c1-3-5-6-7(4-2)8(10)13-9(11)12;;;/h7,11H,3-6H2,1-2H3;;;/q-1;+1;;. The topological polar surface area (TPSA) is 55.8 Å². The minimum absolute atomic E-state index is 0.111. The number of carbonyl (C=O) groups excluding carboxylic acids is 1. The fourth-order valence-electron chi connectivity index (χ4n) is 1.16. The second-order valence-electron chi connectivity index (χ2n) is 3.13. The van der Waals surface area contributed by atoms with Gasteiger partial charge in [-0.3, -0.25) is 0 Å². The van der Waals surface area contributed by atoms with Crippen LogP contribution in [-0.2, 0) is 12.4 Å². The first-order valence-electron chi connectivity index (χ1n) is 4.89. The average Bonchev–Trinajstić information content (AvgIpc) is 2.18. The quantitative estimate of drug-likeness (QED) is 0.687. The molecule has 0 rings (SSSR count). The molecule has 0 spiro atoms. The van der Waals surface area contributed by atoms with Crippen molar-refractivity contribution < 1.29 is 17.4 Å². The molecule has 82 valence electrons. The fourth-order valence-corrected chi connectivity index (χ4v) is 1.32. The zero-order chi connectivity index (χ0) is 11.0. The van der Waals surface area contributed by atoms with Gasteiger partial charge < -0.3 is 0 Å². The minimum atomic E-state index is -1.37. The third-order valence-electron chi connectivity index (χ3n) is 2.07. The van der Waals surface area contributed by atoms with Gasteiger partial charge in [0.2, 0.25) is 0 Å². The molecular weight excluding hydrogens is 293 g/mol. The predicted octanol–water partition coefficient (Wildman–Crippen LogP) is 0.288. The van der Waals surface area contributed by atoms with E-state index in [-0.39, 0.29) is 11.9 Å². The van der Waals surface area contributed by atoms with E-state index in [0.717, 1.165) is 25.7 Å². The molecule has 14 heavy (non-hydrogen) atoms. The van der Waals surface area contributed by atoms with E-state index in [9.17, 15) is 4.79 Å². The van der Waals surface area contributed by atoms with Crippen LogP contribution in [0.2, 0.25) is 0 Å². The number of carbonyl (C=O) groups is 1. The molecule has 0 aromatic rings. The molecule has 1 unspecified atom stereocenters. The van der Waals surface area contributed by atoms with E-state index in [1.165, 1.54) is 0 Å². The van der Waals surface area contributed by atoms with Crippen molar-refractivity contribution in [1.82, 2.24) is 0 Å². The Bertz CT molecular complexity index is 167. The molecule has 0 saturated carbocycles. The summed E-state index contributed by atoms with van der Waals surface area (Å²) in [5, 5.41) is 8.97. The van der Waals surface area contributed by atoms with Crippen molar-refractivity contribution >= 4 is 36.7 Å². The molecule has 0 aliphatic heterocycles. The van der Waals surface area contributed by atoms with E-state index in [0.29, 0.717) is 23.4 Å². The Balaban J connectivity index is 3.90. The summed E-state index contributed by atoms with van der Waals surface area (Å²) in [7, 11) is -1.37. The Morgan fingerprint density at radius 1 is 1.57 bits per heavy atom. The molecule has 1 atom stereocenters. The Labute approximate surface area is 99.6 Å². The molecule has 0 radical (unpaired) electrons. The second kappa shape index (κ2) is 8.57. The van der Waals surface area contributed by atoms with Crippen molar-refractivity contribution in [2.24, 2.45) is 5.92 Å². The van der Waals surface area contributed by atoms with Crippen LogP contribution in [0.4, 0.5) is 0 Å². The van der Waals surface area contributed by atoms with Crippen molar-refractivity contribution in [3.8, 4) is 0 Å². The summed E-state index contributed by atoms with van der Waals surface area (Å²) in [6.07, 6.45) is 3.62. The summed E-state index contributed by atoms with van der Waals surface area (Å²) in [4.78, 5) is 11.4. The molecule has 0 amide bonds. The number of hydrogen-bond donors (Lipinski definition) is 1. The fraction of sp³-hybridized carbons (Fsp3) is 0.875. The first-order chi connectivity index (χ1) is 6.65. The third kappa shape index (κ3) is 5.89. The van der Waals surface area contributed by atoms with Gasteiger partial charge in [0.05, 0.1) is 0 Å². The van der Waals surface area contributed by atoms with Gasteiger partial charge in [-0.05, 0) is 0 Å². The van der Waals surface area contributed by atoms with E-state index >= 15 is 0 Å². The van der Waals surface area contributed by atoms with E-state index in [1.54, 1.807) is 0 Å². The Morgan fingerprint density at radius 3 is 2.64 bits per heavy atom. The van der Waals surface area contributed by atoms with Gasteiger partial charge in [-0.25, -0.2) is 0 Å². The van der Waals surface area contributed by atoms with Gasteiger partial charge in [0.15, 0.2) is 0 Å². The molecule has 0 aliphatic rings. The van der Waals surface area contributed by atoms with Crippen LogP contribution in [0.25, 0.3) is 0 Å². The molecular formula is C8H18BO4Sb. The predicted molar refractivity (Wildman–Crippen MR) is 57.0 cm³/mol. The van der Waals surface area contributed by atoms with Gasteiger partial charge in [0.25, 0.3) is 0 Å². The van der Waals surface area contributed by atoms with Crippen molar-refractivity contribution in [2.75, 3.05) is 0 Å². The third-order valence-corrected chi connectivity index (χ3v) is 2.73. The Kier molecular flexibility index (Phi) is 8.74. The zero-order valence-corrected chi connectivity index (χ0v) is 12.0. The molecule has 0 aromatic heterocycles. The van der Waals surface area contributed by atoms with Crippen molar-refractivity contribution in [2.45, 2.75) is 39.5 Å². The van der Waals surface area contributed by atoms with Gasteiger partial charge in [0.1, 0.15) is 0 Å². The summed E-state index contributed by atoms with van der Waals surface area (Å²) in [5.41, 5.74) is 0. The number of rotatable bonds is 7. The molecule has 0 heterocycles. The first-order valence-corrected chi connectivity index (χ1v) is 6.24.